The zero-order valence-electron chi connectivity index (χ0n) is 21.5. The molecular weight excluding hydrogens is 511 g/mol. The summed E-state index contributed by atoms with van der Waals surface area (Å²) in [5, 5.41) is 10.7. The number of aromatic nitrogens is 3. The molecule has 1 amide bonds. The molecule has 0 radical (unpaired) electrons. The van der Waals surface area contributed by atoms with Crippen LogP contribution in [0.2, 0.25) is 5.02 Å². The molecule has 2 aromatic rings. The van der Waals surface area contributed by atoms with E-state index >= 15 is 0 Å². The van der Waals surface area contributed by atoms with E-state index in [4.69, 9.17) is 16.3 Å². The average Bonchev–Trinajstić information content (AvgIpc) is 3.20. The largest absolute Gasteiger partial charge is 0.496 e. The summed E-state index contributed by atoms with van der Waals surface area (Å²) in [4.78, 5) is 17.3. The molecule has 0 bridgehead atoms. The van der Waals surface area contributed by atoms with E-state index in [1.165, 1.54) is 20.0 Å². The summed E-state index contributed by atoms with van der Waals surface area (Å²) in [5.74, 6) is 1.84. The second-order valence-electron chi connectivity index (χ2n) is 9.38. The first-order chi connectivity index (χ1) is 17.6. The van der Waals surface area contributed by atoms with Crippen molar-refractivity contribution >= 4 is 23.3 Å². The molecule has 1 aliphatic carbocycles. The second kappa shape index (κ2) is 13.3. The zero-order valence-corrected chi connectivity index (χ0v) is 22.2. The van der Waals surface area contributed by atoms with Crippen LogP contribution in [0.25, 0.3) is 11.3 Å². The van der Waals surface area contributed by atoms with Crippen LogP contribution >= 0.6 is 11.6 Å². The molecule has 2 heterocycles. The highest BCUT2D eigenvalue weighted by atomic mass is 35.5. The average molecular weight is 546 g/mol. The van der Waals surface area contributed by atoms with Gasteiger partial charge in [-0.3, -0.25) is 9.48 Å². The van der Waals surface area contributed by atoms with Crippen molar-refractivity contribution in [3.05, 3.63) is 23.0 Å². The van der Waals surface area contributed by atoms with Crippen LogP contribution in [0.15, 0.2) is 12.3 Å². The lowest BCUT2D eigenvalue weighted by Crippen LogP contribution is -2.31. The second-order valence-corrected chi connectivity index (χ2v) is 9.76. The number of nitrogens with zero attached hydrogens (tertiary/aromatic N) is 3. The summed E-state index contributed by atoms with van der Waals surface area (Å²) in [7, 11) is 1.51. The van der Waals surface area contributed by atoms with Gasteiger partial charge in [0.2, 0.25) is 0 Å². The van der Waals surface area contributed by atoms with Gasteiger partial charge >= 0.3 is 6.18 Å². The van der Waals surface area contributed by atoms with Crippen molar-refractivity contribution in [2.75, 3.05) is 38.7 Å². The molecule has 12 heteroatoms. The lowest BCUT2D eigenvalue weighted by molar-refractivity contribution is -0.173. The first kappa shape index (κ1) is 29.0. The highest BCUT2D eigenvalue weighted by molar-refractivity contribution is 6.36. The molecule has 1 fully saturated rings. The van der Waals surface area contributed by atoms with Gasteiger partial charge in [-0.15, -0.1) is 0 Å². The number of carbonyl (C=O) groups is 1. The molecule has 1 saturated carbocycles. The van der Waals surface area contributed by atoms with Crippen LogP contribution in [0.5, 0.6) is 5.75 Å². The van der Waals surface area contributed by atoms with Gasteiger partial charge < -0.3 is 20.1 Å². The minimum absolute atomic E-state index is 0.0300. The fourth-order valence-electron chi connectivity index (χ4n) is 4.38. The molecule has 0 saturated heterocycles. The Morgan fingerprint density at radius 2 is 2.00 bits per heavy atom. The maximum atomic E-state index is 12.9. The minimum Gasteiger partial charge on any atom is -0.496 e. The van der Waals surface area contributed by atoms with Crippen molar-refractivity contribution in [1.29, 1.82) is 0 Å². The van der Waals surface area contributed by atoms with Crippen LogP contribution in [0, 0.1) is 11.8 Å². The van der Waals surface area contributed by atoms with E-state index in [0.29, 0.717) is 54.8 Å². The Balaban J connectivity index is 1.66. The highest BCUT2D eigenvalue weighted by Gasteiger charge is 2.27. The molecule has 0 aliphatic heterocycles. The van der Waals surface area contributed by atoms with Gasteiger partial charge in [-0.1, -0.05) is 31.4 Å². The first-order valence-corrected chi connectivity index (χ1v) is 13.0. The van der Waals surface area contributed by atoms with Crippen molar-refractivity contribution in [2.45, 2.75) is 58.7 Å². The molecule has 37 heavy (non-hydrogen) atoms. The molecule has 0 spiro atoms. The van der Waals surface area contributed by atoms with Crippen LogP contribution in [0.3, 0.4) is 0 Å². The van der Waals surface area contributed by atoms with Gasteiger partial charge in [-0.05, 0) is 38.0 Å². The summed E-state index contributed by atoms with van der Waals surface area (Å²) in [6.07, 6.45) is 2.18. The summed E-state index contributed by atoms with van der Waals surface area (Å²) < 4.78 is 48.2. The molecule has 8 nitrogen and oxygen atoms in total. The quantitative estimate of drug-likeness (QED) is 0.339. The number of pyridine rings is 1. The van der Waals surface area contributed by atoms with Crippen LogP contribution in [0.4, 0.5) is 19.0 Å². The Morgan fingerprint density at radius 3 is 2.65 bits per heavy atom. The summed E-state index contributed by atoms with van der Waals surface area (Å²) in [6, 6.07) is 1.67. The predicted octanol–water partition coefficient (Wildman–Crippen LogP) is 5.56. The maximum Gasteiger partial charge on any atom is 0.411 e. The normalized spacial score (nSPS) is 18.0. The van der Waals surface area contributed by atoms with E-state index in [1.54, 1.807) is 16.9 Å². The monoisotopic (exact) mass is 545 g/mol. The number of alkyl halides is 3. The van der Waals surface area contributed by atoms with Crippen LogP contribution in [-0.4, -0.2) is 60.3 Å². The maximum absolute atomic E-state index is 12.9. The van der Waals surface area contributed by atoms with Gasteiger partial charge in [0.05, 0.1) is 23.4 Å². The Bertz CT molecular complexity index is 1040. The molecular formula is C25H35ClF3N5O3. The standard InChI is InChI=1S/C25H35ClF3N5O3/c1-4-34-23(21(26)22(33-34)24(35)32-13-17-8-6-16(2)7-9-17)18-14-31-20(12-19(18)36-3)30-10-5-11-37-15-25(27,28)29/h12,14,16-17H,4-11,13,15H2,1-3H3,(H,30,31)(H,32,35). The van der Waals surface area contributed by atoms with Gasteiger partial charge in [0.1, 0.15) is 18.2 Å². The summed E-state index contributed by atoms with van der Waals surface area (Å²) >= 11 is 6.67. The molecule has 2 aromatic heterocycles. The smallest absolute Gasteiger partial charge is 0.411 e. The number of carbonyl (C=O) groups excluding carboxylic acids is 1. The third kappa shape index (κ3) is 8.23. The number of nitrogens with one attached hydrogen (secondary N) is 2. The Labute approximate surface area is 220 Å². The number of ether oxygens (including phenoxy) is 2. The molecule has 0 atom stereocenters. The topological polar surface area (TPSA) is 90.3 Å². The molecule has 2 N–H and O–H groups in total. The van der Waals surface area contributed by atoms with Crippen molar-refractivity contribution in [3.63, 3.8) is 0 Å². The molecule has 206 valence electrons. The van der Waals surface area contributed by atoms with E-state index < -0.39 is 12.8 Å². The van der Waals surface area contributed by atoms with E-state index in [0.717, 1.165) is 18.8 Å². The van der Waals surface area contributed by atoms with Gasteiger partial charge in [-0.25, -0.2) is 4.98 Å². The van der Waals surface area contributed by atoms with Gasteiger partial charge in [0.15, 0.2) is 5.69 Å². The van der Waals surface area contributed by atoms with E-state index in [2.05, 4.69) is 32.4 Å². The lowest BCUT2D eigenvalue weighted by atomic mass is 9.83. The number of rotatable bonds is 12. The third-order valence-corrected chi connectivity index (χ3v) is 6.83. The van der Waals surface area contributed by atoms with Gasteiger partial charge in [0.25, 0.3) is 5.91 Å². The number of methoxy groups -OCH3 is 1. The fourth-order valence-corrected chi connectivity index (χ4v) is 4.71. The number of hydrogen-bond donors (Lipinski definition) is 2. The fraction of sp³-hybridized carbons (Fsp3) is 0.640. The number of amides is 1. The summed E-state index contributed by atoms with van der Waals surface area (Å²) in [6.45, 7) is 4.31. The van der Waals surface area contributed by atoms with E-state index in [9.17, 15) is 18.0 Å². The van der Waals surface area contributed by atoms with Crippen LogP contribution in [0.1, 0.15) is 56.4 Å². The van der Waals surface area contributed by atoms with Crippen molar-refractivity contribution < 1.29 is 27.4 Å². The van der Waals surface area contributed by atoms with Crippen molar-refractivity contribution in [3.8, 4) is 17.0 Å². The minimum atomic E-state index is -4.33. The number of aryl methyl sites for hydroxylation is 1. The molecule has 0 unspecified atom stereocenters. The van der Waals surface area contributed by atoms with Crippen LogP contribution in [-0.2, 0) is 11.3 Å². The highest BCUT2D eigenvalue weighted by Crippen LogP contribution is 2.37. The number of anilines is 1. The lowest BCUT2D eigenvalue weighted by Gasteiger charge is -2.26. The third-order valence-electron chi connectivity index (χ3n) is 6.47. The molecule has 0 aromatic carbocycles. The predicted molar refractivity (Wildman–Crippen MR) is 136 cm³/mol. The number of halogens is 4. The van der Waals surface area contributed by atoms with Gasteiger partial charge in [0, 0.05) is 38.5 Å². The molecule has 1 aliphatic rings. The Kier molecular flexibility index (Phi) is 10.5. The zero-order chi connectivity index (χ0) is 27.0. The Hall–Kier alpha value is -2.53. The SMILES string of the molecule is CCn1nc(C(=O)NCC2CCC(C)CC2)c(Cl)c1-c1cnc(NCCCOCC(F)(F)F)cc1OC. The van der Waals surface area contributed by atoms with Gasteiger partial charge in [-0.2, -0.15) is 18.3 Å². The molecule has 3 rings (SSSR count). The van der Waals surface area contributed by atoms with E-state index in [1.807, 2.05) is 6.92 Å². The van der Waals surface area contributed by atoms with Crippen molar-refractivity contribution in [1.82, 2.24) is 20.1 Å². The Morgan fingerprint density at radius 1 is 1.27 bits per heavy atom. The first-order valence-electron chi connectivity index (χ1n) is 12.6. The van der Waals surface area contributed by atoms with Crippen molar-refractivity contribution in [2.24, 2.45) is 11.8 Å². The van der Waals surface area contributed by atoms with E-state index in [-0.39, 0.29) is 23.2 Å². The summed E-state index contributed by atoms with van der Waals surface area (Å²) in [5.41, 5.74) is 1.25. The van der Waals surface area contributed by atoms with Crippen LogP contribution < -0.4 is 15.4 Å². The number of hydrogen-bond acceptors (Lipinski definition) is 6.